The second kappa shape index (κ2) is 16.3. The largest absolute Gasteiger partial charge is 0.0999 e. The highest BCUT2D eigenvalue weighted by atomic mass is 28.2. The molecule has 0 saturated carbocycles. The van der Waals surface area contributed by atoms with Crippen LogP contribution in [0.5, 0.6) is 0 Å². The third-order valence-corrected chi connectivity index (χ3v) is 2.12. The second-order valence-electron chi connectivity index (χ2n) is 1.35. The average molecular weight is 114 g/mol. The molecule has 7 heavy (non-hydrogen) atoms. The van der Waals surface area contributed by atoms with Crippen LogP contribution in [0.2, 0.25) is 18.9 Å². The maximum atomic E-state index is 4.50. The molecule has 0 rings (SSSR count). The summed E-state index contributed by atoms with van der Waals surface area (Å²) < 4.78 is 0. The van der Waals surface area contributed by atoms with Gasteiger partial charge in [-0.1, -0.05) is 32.8 Å². The molecule has 0 saturated heterocycles. The maximum Gasteiger partial charge on any atom is 0.0606 e. The first-order chi connectivity index (χ1) is 3.41. The normalized spacial score (nSPS) is 6.71. The summed E-state index contributed by atoms with van der Waals surface area (Å²) in [5, 5.41) is 0. The van der Waals surface area contributed by atoms with Crippen LogP contribution in [0.4, 0.5) is 0 Å². The van der Waals surface area contributed by atoms with Crippen LogP contribution < -0.4 is 0 Å². The Labute approximate surface area is 50.9 Å². The summed E-state index contributed by atoms with van der Waals surface area (Å²) in [6, 6.07) is 2.97. The molecule has 0 spiro atoms. The van der Waals surface area contributed by atoms with Crippen molar-refractivity contribution in [1.82, 2.24) is 0 Å². The highest BCUT2D eigenvalue weighted by molar-refractivity contribution is 6.34. The van der Waals surface area contributed by atoms with Gasteiger partial charge in [0.1, 0.15) is 0 Å². The molecular formula is C5H15BSi. The van der Waals surface area contributed by atoms with E-state index in [0.29, 0.717) is 9.52 Å². The van der Waals surface area contributed by atoms with Gasteiger partial charge in [-0.3, -0.25) is 0 Å². The Kier molecular flexibility index (Phi) is 23.9. The van der Waals surface area contributed by atoms with E-state index in [1.165, 1.54) is 18.9 Å². The van der Waals surface area contributed by atoms with Gasteiger partial charge in [0.15, 0.2) is 0 Å². The fraction of sp³-hybridized carbons (Fsp3) is 1.00. The predicted molar refractivity (Wildman–Crippen MR) is 41.1 cm³/mol. The summed E-state index contributed by atoms with van der Waals surface area (Å²) in [5.41, 5.74) is 0. The van der Waals surface area contributed by atoms with Crippen LogP contribution in [-0.4, -0.2) is 17.4 Å². The minimum Gasteiger partial charge on any atom is -0.0999 e. The molecule has 0 aromatic heterocycles. The third kappa shape index (κ3) is 22.1. The molecule has 0 amide bonds. The smallest absolute Gasteiger partial charge is 0.0606 e. The molecule has 0 aliphatic heterocycles. The molecule has 0 atom stereocenters. The summed E-state index contributed by atoms with van der Waals surface area (Å²) >= 11 is 0. The van der Waals surface area contributed by atoms with Gasteiger partial charge in [-0.25, -0.2) is 0 Å². The molecule has 0 aromatic rings. The van der Waals surface area contributed by atoms with Crippen molar-refractivity contribution < 1.29 is 0 Å². The molecule has 0 nitrogen and oxygen atoms in total. The van der Waals surface area contributed by atoms with Crippen LogP contribution in [0.15, 0.2) is 0 Å². The van der Waals surface area contributed by atoms with E-state index in [1.807, 2.05) is 0 Å². The van der Waals surface area contributed by atoms with E-state index < -0.39 is 0 Å². The highest BCUT2D eigenvalue weighted by Gasteiger charge is 1.70. The van der Waals surface area contributed by atoms with E-state index in [9.17, 15) is 0 Å². The van der Waals surface area contributed by atoms with Crippen molar-refractivity contribution in [1.29, 1.82) is 0 Å². The fourth-order valence-corrected chi connectivity index (χ4v) is 1.06. The van der Waals surface area contributed by atoms with Crippen LogP contribution in [-0.2, 0) is 0 Å². The van der Waals surface area contributed by atoms with Crippen molar-refractivity contribution in [2.45, 2.75) is 32.8 Å². The highest BCUT2D eigenvalue weighted by Crippen LogP contribution is 1.77. The first-order valence-electron chi connectivity index (χ1n) is 2.99. The molecule has 0 fully saturated rings. The molecule has 42 valence electrons. The van der Waals surface area contributed by atoms with Crippen LogP contribution in [0.1, 0.15) is 13.8 Å². The van der Waals surface area contributed by atoms with Gasteiger partial charge in [0.05, 0.1) is 7.85 Å². The van der Waals surface area contributed by atoms with Crippen molar-refractivity contribution in [3.8, 4) is 0 Å². The minimum atomic E-state index is 0.432. The minimum absolute atomic E-state index is 0.432. The van der Waals surface area contributed by atoms with Crippen molar-refractivity contribution in [3.05, 3.63) is 0 Å². The Hall–Kier alpha value is 0.282. The molecule has 0 N–H and O–H groups in total. The van der Waals surface area contributed by atoms with Crippen LogP contribution in [0.25, 0.3) is 0 Å². The molecule has 0 heterocycles. The number of hydrogen-bond acceptors (Lipinski definition) is 0. The molecule has 0 aliphatic rings. The van der Waals surface area contributed by atoms with Gasteiger partial charge >= 0.3 is 0 Å². The Balaban J connectivity index is 0. The van der Waals surface area contributed by atoms with E-state index in [2.05, 4.69) is 21.7 Å². The zero-order chi connectivity index (χ0) is 6.12. The molecule has 0 aromatic carbocycles. The fourth-order valence-electron chi connectivity index (χ4n) is 0.354. The van der Waals surface area contributed by atoms with Gasteiger partial charge in [-0.2, -0.15) is 0 Å². The van der Waals surface area contributed by atoms with Gasteiger partial charge in [0.2, 0.25) is 0 Å². The molecule has 2 radical (unpaired) electrons. The van der Waals surface area contributed by atoms with Gasteiger partial charge in [0, 0.05) is 9.52 Å². The van der Waals surface area contributed by atoms with Crippen LogP contribution in [0.3, 0.4) is 0 Å². The van der Waals surface area contributed by atoms with Gasteiger partial charge in [-0.05, 0) is 0 Å². The Morgan fingerprint density at radius 3 is 1.43 bits per heavy atom. The quantitative estimate of drug-likeness (QED) is 0.474. The van der Waals surface area contributed by atoms with Crippen molar-refractivity contribution in [3.63, 3.8) is 0 Å². The molecule has 0 unspecified atom stereocenters. The third-order valence-electron chi connectivity index (χ3n) is 0.707. The maximum absolute atomic E-state index is 4.50. The summed E-state index contributed by atoms with van der Waals surface area (Å²) in [6.07, 6.45) is 0. The standard InChI is InChI=1S/C4H12Si.CH3B/c1-3-5-4-2;1-2/h3-5H2,1-2H3;1H3. The monoisotopic (exact) mass is 114 g/mol. The molecule has 2 heteroatoms. The summed E-state index contributed by atoms with van der Waals surface area (Å²) in [4.78, 5) is 0. The zero-order valence-corrected chi connectivity index (χ0v) is 7.11. The van der Waals surface area contributed by atoms with E-state index in [0.717, 1.165) is 0 Å². The Morgan fingerprint density at radius 2 is 1.43 bits per heavy atom. The Bertz CT molecular complexity index is 15.6. The number of hydrogen-bond donors (Lipinski definition) is 0. The topological polar surface area (TPSA) is 0 Å². The molecular weight excluding hydrogens is 99.0 g/mol. The van der Waals surface area contributed by atoms with Gasteiger partial charge in [0.25, 0.3) is 0 Å². The predicted octanol–water partition coefficient (Wildman–Crippen LogP) is 1.23. The van der Waals surface area contributed by atoms with Crippen LogP contribution >= 0.6 is 0 Å². The van der Waals surface area contributed by atoms with Gasteiger partial charge < -0.3 is 0 Å². The summed E-state index contributed by atoms with van der Waals surface area (Å²) in [6.45, 7) is 6.05. The van der Waals surface area contributed by atoms with Crippen molar-refractivity contribution >= 4 is 17.4 Å². The van der Waals surface area contributed by atoms with E-state index in [1.54, 1.807) is 0 Å². The van der Waals surface area contributed by atoms with E-state index in [4.69, 9.17) is 0 Å². The lowest BCUT2D eigenvalue weighted by Crippen LogP contribution is -1.76. The summed E-state index contributed by atoms with van der Waals surface area (Å²) in [5.74, 6) is 0. The SMILES string of the molecule is CC[SiH2]CC.[B]C. The van der Waals surface area contributed by atoms with E-state index >= 15 is 0 Å². The lowest BCUT2D eigenvalue weighted by molar-refractivity contribution is 1.36. The average Bonchev–Trinajstić information content (AvgIpc) is 1.75. The van der Waals surface area contributed by atoms with Crippen molar-refractivity contribution in [2.75, 3.05) is 0 Å². The Morgan fingerprint density at radius 1 is 1.14 bits per heavy atom. The molecule has 0 aliphatic carbocycles. The lowest BCUT2D eigenvalue weighted by atomic mass is 10.2. The lowest BCUT2D eigenvalue weighted by Gasteiger charge is -1.77. The first kappa shape index (κ1) is 10.3. The van der Waals surface area contributed by atoms with E-state index in [-0.39, 0.29) is 0 Å². The molecule has 0 bridgehead atoms. The van der Waals surface area contributed by atoms with Crippen molar-refractivity contribution in [2.24, 2.45) is 0 Å². The van der Waals surface area contributed by atoms with Gasteiger partial charge in [-0.15, -0.1) is 0 Å². The zero-order valence-electron chi connectivity index (χ0n) is 5.70. The summed E-state index contributed by atoms with van der Waals surface area (Å²) in [7, 11) is 4.93. The number of rotatable bonds is 2. The van der Waals surface area contributed by atoms with Crippen LogP contribution in [0, 0.1) is 0 Å². The second-order valence-corrected chi connectivity index (χ2v) is 4.06. The first-order valence-corrected chi connectivity index (χ1v) is 4.99.